The maximum atomic E-state index is 11.8. The van der Waals surface area contributed by atoms with Crippen LogP contribution in [0.2, 0.25) is 0 Å². The monoisotopic (exact) mass is 348 g/mol. The van der Waals surface area contributed by atoms with Gasteiger partial charge >= 0.3 is 0 Å². The average Bonchev–Trinajstić information content (AvgIpc) is 3.32. The Balaban J connectivity index is 1.50. The Kier molecular flexibility index (Phi) is 8.13. The number of aliphatic imine (C=N–C) groups is 1. The summed E-state index contributed by atoms with van der Waals surface area (Å²) in [5, 5.41) is 8.83. The van der Waals surface area contributed by atoms with E-state index < -0.39 is 0 Å². The minimum absolute atomic E-state index is 0.134. The summed E-state index contributed by atoms with van der Waals surface area (Å²) in [6.45, 7) is 2.26. The first kappa shape index (κ1) is 18.6. The van der Waals surface area contributed by atoms with Gasteiger partial charge in [-0.05, 0) is 30.7 Å². The van der Waals surface area contributed by atoms with Crippen molar-refractivity contribution in [1.82, 2.24) is 16.0 Å². The minimum Gasteiger partial charge on any atom is -0.467 e. The molecular weight excluding hydrogens is 324 g/mol. The second-order valence-electron chi connectivity index (χ2n) is 5.19. The van der Waals surface area contributed by atoms with E-state index >= 15 is 0 Å². The molecular formula is C17H24N4O4. The van der Waals surface area contributed by atoms with Gasteiger partial charge in [0.05, 0.1) is 25.6 Å². The summed E-state index contributed by atoms with van der Waals surface area (Å²) >= 11 is 0. The first-order valence-electron chi connectivity index (χ1n) is 8.11. The summed E-state index contributed by atoms with van der Waals surface area (Å²) in [5.41, 5.74) is 0. The highest BCUT2D eigenvalue weighted by Crippen LogP contribution is 2.01. The highest BCUT2D eigenvalue weighted by Gasteiger charge is 2.04. The first-order valence-corrected chi connectivity index (χ1v) is 8.11. The van der Waals surface area contributed by atoms with Crippen molar-refractivity contribution in [1.29, 1.82) is 0 Å². The Hall–Kier alpha value is -2.74. The van der Waals surface area contributed by atoms with Crippen LogP contribution < -0.4 is 16.0 Å². The predicted molar refractivity (Wildman–Crippen MR) is 92.9 cm³/mol. The molecule has 0 radical (unpaired) electrons. The van der Waals surface area contributed by atoms with Crippen molar-refractivity contribution in [2.24, 2.45) is 4.99 Å². The van der Waals surface area contributed by atoms with Gasteiger partial charge in [-0.1, -0.05) is 0 Å². The van der Waals surface area contributed by atoms with E-state index in [0.717, 1.165) is 12.2 Å². The van der Waals surface area contributed by atoms with Gasteiger partial charge in [0, 0.05) is 20.2 Å². The maximum Gasteiger partial charge on any atom is 0.239 e. The molecule has 0 aliphatic carbocycles. The summed E-state index contributed by atoms with van der Waals surface area (Å²) < 4.78 is 15.8. The molecule has 2 rings (SSSR count). The van der Waals surface area contributed by atoms with Crippen molar-refractivity contribution < 1.29 is 18.4 Å². The van der Waals surface area contributed by atoms with Crippen molar-refractivity contribution in [3.63, 3.8) is 0 Å². The van der Waals surface area contributed by atoms with E-state index in [1.807, 2.05) is 18.2 Å². The molecule has 2 aromatic rings. The molecule has 8 heteroatoms. The smallest absolute Gasteiger partial charge is 0.239 e. The number of rotatable bonds is 10. The van der Waals surface area contributed by atoms with Crippen LogP contribution in [0.15, 0.2) is 50.6 Å². The highest BCUT2D eigenvalue weighted by molar-refractivity contribution is 5.86. The number of carbonyl (C=O) groups excluding carboxylic acids is 1. The Morgan fingerprint density at radius 3 is 2.56 bits per heavy atom. The zero-order valence-electron chi connectivity index (χ0n) is 14.3. The quantitative estimate of drug-likeness (QED) is 0.339. The predicted octanol–water partition coefficient (Wildman–Crippen LogP) is 1.26. The Labute approximate surface area is 146 Å². The molecule has 2 heterocycles. The van der Waals surface area contributed by atoms with Gasteiger partial charge in [-0.2, -0.15) is 0 Å². The van der Waals surface area contributed by atoms with E-state index in [9.17, 15) is 4.79 Å². The second-order valence-corrected chi connectivity index (χ2v) is 5.19. The van der Waals surface area contributed by atoms with Crippen LogP contribution in [0.5, 0.6) is 0 Å². The third-order valence-electron chi connectivity index (χ3n) is 3.26. The van der Waals surface area contributed by atoms with Crippen molar-refractivity contribution >= 4 is 11.9 Å². The molecule has 0 aliphatic rings. The third kappa shape index (κ3) is 7.58. The molecule has 0 spiro atoms. The number of ether oxygens (including phenoxy) is 1. The molecule has 0 saturated carbocycles. The number of nitrogens with zero attached hydrogens (tertiary/aromatic N) is 1. The molecule has 0 unspecified atom stereocenters. The number of hydrogen-bond donors (Lipinski definition) is 3. The Morgan fingerprint density at radius 2 is 1.88 bits per heavy atom. The lowest BCUT2D eigenvalue weighted by Gasteiger charge is -2.11. The van der Waals surface area contributed by atoms with Gasteiger partial charge in [-0.15, -0.1) is 0 Å². The molecule has 25 heavy (non-hydrogen) atoms. The summed E-state index contributed by atoms with van der Waals surface area (Å²) in [6, 6.07) is 7.30. The van der Waals surface area contributed by atoms with E-state index in [2.05, 4.69) is 20.9 Å². The van der Waals surface area contributed by atoms with Gasteiger partial charge < -0.3 is 29.5 Å². The van der Waals surface area contributed by atoms with Gasteiger partial charge in [0.25, 0.3) is 0 Å². The molecule has 0 fully saturated rings. The van der Waals surface area contributed by atoms with Crippen LogP contribution >= 0.6 is 0 Å². The lowest BCUT2D eigenvalue weighted by atomic mass is 10.4. The minimum atomic E-state index is -0.138. The van der Waals surface area contributed by atoms with Crippen LogP contribution in [0, 0.1) is 0 Å². The van der Waals surface area contributed by atoms with Gasteiger partial charge in [-0.25, -0.2) is 0 Å². The Bertz CT molecular complexity index is 623. The molecule has 2 aromatic heterocycles. The van der Waals surface area contributed by atoms with E-state index in [0.29, 0.717) is 38.0 Å². The number of carbonyl (C=O) groups is 1. The van der Waals surface area contributed by atoms with Gasteiger partial charge in [0.2, 0.25) is 5.91 Å². The first-order chi connectivity index (χ1) is 12.3. The standard InChI is InChI=1S/C17H24N4O4/c1-18-17(19-7-4-8-23-13-15-6-3-10-25-15)21-12-16(22)20-11-14-5-2-9-24-14/h2-3,5-6,9-10H,4,7-8,11-13H2,1H3,(H,20,22)(H2,18,19,21). The van der Waals surface area contributed by atoms with Crippen LogP contribution in [-0.4, -0.2) is 38.6 Å². The molecule has 3 N–H and O–H groups in total. The number of nitrogens with one attached hydrogen (secondary N) is 3. The van der Waals surface area contributed by atoms with Crippen molar-refractivity contribution in [3.05, 3.63) is 48.3 Å². The molecule has 136 valence electrons. The number of guanidine groups is 1. The number of hydrogen-bond acceptors (Lipinski definition) is 5. The van der Waals surface area contributed by atoms with Crippen LogP contribution in [0.4, 0.5) is 0 Å². The number of amides is 1. The summed E-state index contributed by atoms with van der Waals surface area (Å²) in [6.07, 6.45) is 4.01. The van der Waals surface area contributed by atoms with Crippen molar-refractivity contribution in [2.45, 2.75) is 19.6 Å². The topological polar surface area (TPSA) is 101 Å². The zero-order chi connectivity index (χ0) is 17.7. The van der Waals surface area contributed by atoms with Crippen LogP contribution in [0.3, 0.4) is 0 Å². The van der Waals surface area contributed by atoms with Gasteiger partial charge in [0.1, 0.15) is 18.1 Å². The SMILES string of the molecule is CN=C(NCCCOCc1ccco1)NCC(=O)NCc1ccco1. The van der Waals surface area contributed by atoms with Crippen LogP contribution in [0.25, 0.3) is 0 Å². The van der Waals surface area contributed by atoms with Gasteiger partial charge in [0.15, 0.2) is 5.96 Å². The van der Waals surface area contributed by atoms with E-state index in [-0.39, 0.29) is 12.5 Å². The largest absolute Gasteiger partial charge is 0.467 e. The fourth-order valence-electron chi connectivity index (χ4n) is 1.99. The number of furan rings is 2. The van der Waals surface area contributed by atoms with Crippen molar-refractivity contribution in [3.8, 4) is 0 Å². The lowest BCUT2D eigenvalue weighted by Crippen LogP contribution is -2.43. The van der Waals surface area contributed by atoms with Crippen LogP contribution in [-0.2, 0) is 22.7 Å². The molecule has 0 aromatic carbocycles. The van der Waals surface area contributed by atoms with Crippen molar-refractivity contribution in [2.75, 3.05) is 26.7 Å². The van der Waals surface area contributed by atoms with E-state index in [4.69, 9.17) is 13.6 Å². The summed E-state index contributed by atoms with van der Waals surface area (Å²) in [4.78, 5) is 15.8. The average molecular weight is 348 g/mol. The Morgan fingerprint density at radius 1 is 1.12 bits per heavy atom. The van der Waals surface area contributed by atoms with Gasteiger partial charge in [-0.3, -0.25) is 9.79 Å². The molecule has 0 bridgehead atoms. The third-order valence-corrected chi connectivity index (χ3v) is 3.26. The summed E-state index contributed by atoms with van der Waals surface area (Å²) in [7, 11) is 1.66. The second kappa shape index (κ2) is 10.9. The summed E-state index contributed by atoms with van der Waals surface area (Å²) in [5.74, 6) is 1.96. The molecule has 0 aliphatic heterocycles. The van der Waals surface area contributed by atoms with E-state index in [1.54, 1.807) is 25.6 Å². The maximum absolute atomic E-state index is 11.8. The highest BCUT2D eigenvalue weighted by atomic mass is 16.5. The van der Waals surface area contributed by atoms with Crippen LogP contribution in [0.1, 0.15) is 17.9 Å². The molecule has 8 nitrogen and oxygen atoms in total. The zero-order valence-corrected chi connectivity index (χ0v) is 14.3. The van der Waals surface area contributed by atoms with E-state index in [1.165, 1.54) is 0 Å². The molecule has 0 saturated heterocycles. The fraction of sp³-hybridized carbons (Fsp3) is 0.412. The molecule has 1 amide bonds. The lowest BCUT2D eigenvalue weighted by molar-refractivity contribution is -0.120. The fourth-order valence-corrected chi connectivity index (χ4v) is 1.99. The normalized spacial score (nSPS) is 11.3. The molecule has 0 atom stereocenters.